The van der Waals surface area contributed by atoms with Gasteiger partial charge in [0.2, 0.25) is 0 Å². The maximum Gasteiger partial charge on any atom is 0.291 e. The zero-order chi connectivity index (χ0) is 19.4. The van der Waals surface area contributed by atoms with Crippen LogP contribution in [-0.4, -0.2) is 20.8 Å². The number of rotatable bonds is 6. The zero-order valence-electron chi connectivity index (χ0n) is 13.7. The Hall–Kier alpha value is -3.60. The van der Waals surface area contributed by atoms with Crippen molar-refractivity contribution in [2.24, 2.45) is 0 Å². The Kier molecular flexibility index (Phi) is 5.22. The SMILES string of the molecule is Nc1nc(SCc2cccc([N+](=O)[O-])c2)[nH]c(=O)c1NC(=O)c1ccco1. The number of aromatic nitrogens is 2. The molecule has 3 aromatic rings. The molecule has 0 unspecified atom stereocenters. The van der Waals surface area contributed by atoms with E-state index in [1.54, 1.807) is 12.1 Å². The summed E-state index contributed by atoms with van der Waals surface area (Å²) in [5, 5.41) is 13.4. The molecule has 10 nitrogen and oxygen atoms in total. The molecule has 0 spiro atoms. The van der Waals surface area contributed by atoms with Crippen molar-refractivity contribution in [3.8, 4) is 0 Å². The van der Waals surface area contributed by atoms with Crippen LogP contribution in [0.1, 0.15) is 16.1 Å². The monoisotopic (exact) mass is 387 g/mol. The first-order chi connectivity index (χ1) is 12.9. The molecule has 11 heteroatoms. The molecule has 3 rings (SSSR count). The number of nitrogens with two attached hydrogens (primary N) is 1. The quantitative estimate of drug-likeness (QED) is 0.252. The van der Waals surface area contributed by atoms with Crippen LogP contribution in [0, 0.1) is 10.1 Å². The Morgan fingerprint density at radius 2 is 2.19 bits per heavy atom. The predicted molar refractivity (Wildman–Crippen MR) is 98.6 cm³/mol. The number of nitro benzene ring substituents is 1. The first kappa shape index (κ1) is 18.2. The van der Waals surface area contributed by atoms with Gasteiger partial charge in [-0.1, -0.05) is 23.9 Å². The summed E-state index contributed by atoms with van der Waals surface area (Å²) in [5.41, 5.74) is 5.63. The molecule has 27 heavy (non-hydrogen) atoms. The van der Waals surface area contributed by atoms with E-state index >= 15 is 0 Å². The minimum atomic E-state index is -0.629. The Balaban J connectivity index is 1.73. The van der Waals surface area contributed by atoms with Gasteiger partial charge < -0.3 is 15.5 Å². The number of non-ortho nitro benzene ring substituents is 1. The molecule has 0 aliphatic carbocycles. The molecule has 1 aromatic carbocycles. The maximum absolute atomic E-state index is 12.2. The fourth-order valence-corrected chi connectivity index (χ4v) is 2.96. The van der Waals surface area contributed by atoms with Gasteiger partial charge in [0.1, 0.15) is 0 Å². The predicted octanol–water partition coefficient (Wildman–Crippen LogP) is 2.40. The molecular formula is C16H13N5O5S. The summed E-state index contributed by atoms with van der Waals surface area (Å²) in [6.45, 7) is 0. The molecular weight excluding hydrogens is 374 g/mol. The summed E-state index contributed by atoms with van der Waals surface area (Å²) in [6, 6.07) is 9.10. The van der Waals surface area contributed by atoms with Gasteiger partial charge in [0.25, 0.3) is 17.2 Å². The molecule has 2 aromatic heterocycles. The number of nitrogens with zero attached hydrogens (tertiary/aromatic N) is 2. The largest absolute Gasteiger partial charge is 0.459 e. The maximum atomic E-state index is 12.2. The number of carbonyl (C=O) groups excluding carboxylic acids is 1. The van der Waals surface area contributed by atoms with Gasteiger partial charge in [-0.15, -0.1) is 0 Å². The molecule has 0 saturated carbocycles. The average Bonchev–Trinajstić information content (AvgIpc) is 3.18. The number of hydrogen-bond donors (Lipinski definition) is 3. The van der Waals surface area contributed by atoms with Crippen LogP contribution in [0.4, 0.5) is 17.2 Å². The minimum absolute atomic E-state index is 0.0231. The molecule has 138 valence electrons. The first-order valence-electron chi connectivity index (χ1n) is 7.55. The smallest absolute Gasteiger partial charge is 0.291 e. The molecule has 1 amide bonds. The summed E-state index contributed by atoms with van der Waals surface area (Å²) in [4.78, 5) is 41.0. The van der Waals surface area contributed by atoms with Crippen molar-refractivity contribution in [2.45, 2.75) is 10.9 Å². The lowest BCUT2D eigenvalue weighted by Gasteiger charge is -2.07. The van der Waals surface area contributed by atoms with Gasteiger partial charge in [-0.2, -0.15) is 0 Å². The molecule has 0 aliphatic heterocycles. The van der Waals surface area contributed by atoms with Crippen molar-refractivity contribution < 1.29 is 14.1 Å². The van der Waals surface area contributed by atoms with Crippen LogP contribution in [-0.2, 0) is 5.75 Å². The zero-order valence-corrected chi connectivity index (χ0v) is 14.5. The summed E-state index contributed by atoms with van der Waals surface area (Å²) in [5.74, 6) is -0.420. The van der Waals surface area contributed by atoms with Gasteiger partial charge in [-0.3, -0.25) is 24.7 Å². The molecule has 0 atom stereocenters. The Bertz CT molecular complexity index is 1050. The molecule has 0 radical (unpaired) electrons. The van der Waals surface area contributed by atoms with Crippen molar-refractivity contribution >= 4 is 34.9 Å². The van der Waals surface area contributed by atoms with Gasteiger partial charge in [0, 0.05) is 17.9 Å². The number of hydrogen-bond acceptors (Lipinski definition) is 8. The first-order valence-corrected chi connectivity index (χ1v) is 8.53. The minimum Gasteiger partial charge on any atom is -0.459 e. The highest BCUT2D eigenvalue weighted by atomic mass is 32.2. The lowest BCUT2D eigenvalue weighted by atomic mass is 10.2. The van der Waals surface area contributed by atoms with E-state index in [0.29, 0.717) is 11.3 Å². The highest BCUT2D eigenvalue weighted by Crippen LogP contribution is 2.23. The Labute approximate surface area is 155 Å². The number of nitrogen functional groups attached to an aromatic ring is 1. The topological polar surface area (TPSA) is 157 Å². The summed E-state index contributed by atoms with van der Waals surface area (Å²) in [7, 11) is 0. The van der Waals surface area contributed by atoms with Crippen LogP contribution in [0.15, 0.2) is 57.0 Å². The lowest BCUT2D eigenvalue weighted by molar-refractivity contribution is -0.384. The van der Waals surface area contributed by atoms with E-state index in [-0.39, 0.29) is 28.1 Å². The second-order valence-corrected chi connectivity index (χ2v) is 6.24. The van der Waals surface area contributed by atoms with Crippen molar-refractivity contribution in [1.29, 1.82) is 0 Å². The van der Waals surface area contributed by atoms with Crippen LogP contribution < -0.4 is 16.6 Å². The lowest BCUT2D eigenvalue weighted by Crippen LogP contribution is -2.22. The molecule has 0 bridgehead atoms. The third kappa shape index (κ3) is 4.33. The number of H-pyrrole nitrogens is 1. The second kappa shape index (κ2) is 7.74. The van der Waals surface area contributed by atoms with Crippen LogP contribution in [0.3, 0.4) is 0 Å². The van der Waals surface area contributed by atoms with Gasteiger partial charge >= 0.3 is 0 Å². The number of furan rings is 1. The fourth-order valence-electron chi connectivity index (χ4n) is 2.15. The van der Waals surface area contributed by atoms with E-state index < -0.39 is 16.4 Å². The molecule has 2 heterocycles. The molecule has 0 aliphatic rings. The number of anilines is 2. The van der Waals surface area contributed by atoms with Gasteiger partial charge in [0.05, 0.1) is 11.2 Å². The van der Waals surface area contributed by atoms with Crippen LogP contribution in [0.25, 0.3) is 0 Å². The number of thioether (sulfide) groups is 1. The van der Waals surface area contributed by atoms with Crippen molar-refractivity contribution in [2.75, 3.05) is 11.1 Å². The molecule has 4 N–H and O–H groups in total. The van der Waals surface area contributed by atoms with Crippen molar-refractivity contribution in [3.63, 3.8) is 0 Å². The van der Waals surface area contributed by atoms with Crippen LogP contribution in [0.5, 0.6) is 0 Å². The number of nitrogens with one attached hydrogen (secondary N) is 2. The summed E-state index contributed by atoms with van der Waals surface area (Å²) >= 11 is 1.15. The van der Waals surface area contributed by atoms with E-state index in [1.807, 2.05) is 0 Å². The molecule has 0 fully saturated rings. The van der Waals surface area contributed by atoms with Crippen molar-refractivity contribution in [1.82, 2.24) is 9.97 Å². The van der Waals surface area contributed by atoms with E-state index in [0.717, 1.165) is 11.8 Å². The average molecular weight is 387 g/mol. The summed E-state index contributed by atoms with van der Waals surface area (Å²) < 4.78 is 4.95. The summed E-state index contributed by atoms with van der Waals surface area (Å²) in [6.07, 6.45) is 1.33. The number of amides is 1. The molecule has 0 saturated heterocycles. The van der Waals surface area contributed by atoms with E-state index in [1.165, 1.54) is 30.5 Å². The van der Waals surface area contributed by atoms with Gasteiger partial charge in [-0.05, 0) is 17.7 Å². The third-order valence-electron chi connectivity index (χ3n) is 3.41. The second-order valence-electron chi connectivity index (χ2n) is 5.28. The fraction of sp³-hybridized carbons (Fsp3) is 0.0625. The van der Waals surface area contributed by atoms with Gasteiger partial charge in [-0.25, -0.2) is 4.98 Å². The highest BCUT2D eigenvalue weighted by Gasteiger charge is 2.16. The third-order valence-corrected chi connectivity index (χ3v) is 4.35. The van der Waals surface area contributed by atoms with E-state index in [2.05, 4.69) is 15.3 Å². The number of benzene rings is 1. The number of nitro groups is 1. The van der Waals surface area contributed by atoms with E-state index in [9.17, 15) is 19.7 Å². The Morgan fingerprint density at radius 1 is 1.37 bits per heavy atom. The van der Waals surface area contributed by atoms with Crippen molar-refractivity contribution in [3.05, 3.63) is 74.5 Å². The van der Waals surface area contributed by atoms with Crippen LogP contribution >= 0.6 is 11.8 Å². The number of aromatic amines is 1. The highest BCUT2D eigenvalue weighted by molar-refractivity contribution is 7.98. The Morgan fingerprint density at radius 3 is 2.85 bits per heavy atom. The van der Waals surface area contributed by atoms with Crippen LogP contribution in [0.2, 0.25) is 0 Å². The standard InChI is InChI=1S/C16H13N5O5S/c17-13-12(18-14(22)11-5-2-6-26-11)15(23)20-16(19-13)27-8-9-3-1-4-10(7-9)21(24)25/h1-7H,8H2,(H,18,22)(H3,17,19,20,23). The van der Waals surface area contributed by atoms with E-state index in [4.69, 9.17) is 10.2 Å². The van der Waals surface area contributed by atoms with Gasteiger partial charge in [0.15, 0.2) is 22.4 Å². The number of carbonyl (C=O) groups is 1. The normalized spacial score (nSPS) is 10.5.